The minimum atomic E-state index is -4.58. The fourth-order valence-corrected chi connectivity index (χ4v) is 2.48. The van der Waals surface area contributed by atoms with Crippen LogP contribution in [0.4, 0.5) is 19.1 Å². The van der Waals surface area contributed by atoms with Gasteiger partial charge in [0.15, 0.2) is 0 Å². The quantitative estimate of drug-likeness (QED) is 0.902. The lowest BCUT2D eigenvalue weighted by atomic mass is 10.1. The van der Waals surface area contributed by atoms with Gasteiger partial charge in [-0.1, -0.05) is 18.2 Å². The Morgan fingerprint density at radius 1 is 1.38 bits per heavy atom. The van der Waals surface area contributed by atoms with Gasteiger partial charge in [0.25, 0.3) is 5.91 Å². The molecule has 0 saturated heterocycles. The predicted molar refractivity (Wildman–Crippen MR) is 78.0 cm³/mol. The van der Waals surface area contributed by atoms with Crippen molar-refractivity contribution in [3.8, 4) is 0 Å². The van der Waals surface area contributed by atoms with Crippen molar-refractivity contribution in [2.24, 2.45) is 0 Å². The Morgan fingerprint density at radius 3 is 2.71 bits per heavy atom. The molecule has 0 saturated carbocycles. The topological polar surface area (TPSA) is 78.1 Å². The van der Waals surface area contributed by atoms with Crippen LogP contribution < -0.4 is 5.32 Å². The van der Waals surface area contributed by atoms with Gasteiger partial charge in [-0.3, -0.25) is 14.9 Å². The fourth-order valence-electron chi connectivity index (χ4n) is 2.48. The van der Waals surface area contributed by atoms with E-state index in [-0.39, 0.29) is 18.4 Å². The number of imidazole rings is 1. The number of benzene rings is 1. The molecule has 3 rings (SSSR count). The van der Waals surface area contributed by atoms with E-state index in [1.54, 1.807) is 24.3 Å². The number of fused-ring (bicyclic) bond motifs is 1. The zero-order chi connectivity index (χ0) is 17.5. The number of nitrogens with one attached hydrogen (secondary N) is 2. The lowest BCUT2D eigenvalue weighted by Crippen LogP contribution is -2.42. The summed E-state index contributed by atoms with van der Waals surface area (Å²) in [6.07, 6.45) is -3.98. The molecule has 1 aromatic carbocycles. The Bertz CT molecular complexity index is 800. The van der Waals surface area contributed by atoms with Crippen molar-refractivity contribution in [2.75, 3.05) is 5.32 Å². The van der Waals surface area contributed by atoms with Crippen molar-refractivity contribution in [3.63, 3.8) is 0 Å². The van der Waals surface area contributed by atoms with Crippen LogP contribution in [-0.2, 0) is 17.5 Å². The number of hydrogen-bond acceptors (Lipinski definition) is 3. The monoisotopic (exact) mass is 338 g/mol. The average molecular weight is 338 g/mol. The Kier molecular flexibility index (Phi) is 3.78. The van der Waals surface area contributed by atoms with Gasteiger partial charge in [-0.25, -0.2) is 4.98 Å². The van der Waals surface area contributed by atoms with Crippen LogP contribution in [0.3, 0.4) is 0 Å². The van der Waals surface area contributed by atoms with Crippen molar-refractivity contribution in [2.45, 2.75) is 25.7 Å². The molecule has 6 nitrogen and oxygen atoms in total. The minimum Gasteiger partial charge on any atom is -0.323 e. The molecule has 0 bridgehead atoms. The normalized spacial score (nSPS) is 15.3. The highest BCUT2D eigenvalue weighted by Crippen LogP contribution is 2.28. The summed E-state index contributed by atoms with van der Waals surface area (Å²) in [5.41, 5.74) is 0.268. The summed E-state index contributed by atoms with van der Waals surface area (Å²) in [5.74, 6) is -1.23. The highest BCUT2D eigenvalue weighted by molar-refractivity contribution is 6.03. The van der Waals surface area contributed by atoms with Crippen molar-refractivity contribution >= 4 is 17.8 Å². The maximum Gasteiger partial charge on any atom is 0.432 e. The van der Waals surface area contributed by atoms with E-state index in [4.69, 9.17) is 0 Å². The van der Waals surface area contributed by atoms with Gasteiger partial charge in [0, 0.05) is 12.1 Å². The SMILES string of the molecule is C[C@H](C(=O)Nc1ncc(C(F)(F)F)[nH]1)N1Cc2ccccc2C1=O. The molecule has 0 spiro atoms. The van der Waals surface area contributed by atoms with Crippen LogP contribution in [0, 0.1) is 0 Å². The largest absolute Gasteiger partial charge is 0.432 e. The van der Waals surface area contributed by atoms with Gasteiger partial charge in [-0.15, -0.1) is 0 Å². The third-order valence-corrected chi connectivity index (χ3v) is 3.82. The summed E-state index contributed by atoms with van der Waals surface area (Å²) in [4.78, 5) is 31.3. The lowest BCUT2D eigenvalue weighted by molar-refractivity contribution is -0.140. The summed E-state index contributed by atoms with van der Waals surface area (Å²) in [6.45, 7) is 1.78. The molecule has 1 aromatic heterocycles. The van der Waals surface area contributed by atoms with E-state index in [0.29, 0.717) is 11.8 Å². The Morgan fingerprint density at radius 2 is 2.08 bits per heavy atom. The Labute approximate surface area is 134 Å². The number of aromatic amines is 1. The summed E-state index contributed by atoms with van der Waals surface area (Å²) < 4.78 is 37.5. The molecule has 2 N–H and O–H groups in total. The number of anilines is 1. The summed E-state index contributed by atoms with van der Waals surface area (Å²) in [7, 11) is 0. The number of nitrogens with zero attached hydrogens (tertiary/aromatic N) is 2. The van der Waals surface area contributed by atoms with Crippen molar-refractivity contribution in [1.82, 2.24) is 14.9 Å². The Hall–Kier alpha value is -2.84. The van der Waals surface area contributed by atoms with E-state index in [1.165, 1.54) is 11.8 Å². The van der Waals surface area contributed by atoms with Gasteiger partial charge >= 0.3 is 6.18 Å². The van der Waals surface area contributed by atoms with E-state index >= 15 is 0 Å². The standard InChI is InChI=1S/C15H13F3N4O2/c1-8(22-7-9-4-2-3-5-10(9)13(22)24)12(23)21-14-19-6-11(20-14)15(16,17)18/h2-6,8H,7H2,1H3,(H2,19,20,21,23)/t8-/m1/s1. The molecule has 1 aliphatic heterocycles. The second kappa shape index (κ2) is 5.66. The number of H-pyrrole nitrogens is 1. The first-order valence-electron chi connectivity index (χ1n) is 7.09. The first-order chi connectivity index (χ1) is 11.3. The molecule has 0 radical (unpaired) electrons. The molecule has 0 fully saturated rings. The van der Waals surface area contributed by atoms with E-state index in [0.717, 1.165) is 5.56 Å². The van der Waals surface area contributed by atoms with Crippen LogP contribution in [0.25, 0.3) is 0 Å². The number of rotatable bonds is 3. The highest BCUT2D eigenvalue weighted by Gasteiger charge is 2.35. The molecule has 2 aromatic rings. The highest BCUT2D eigenvalue weighted by atomic mass is 19.4. The number of alkyl halides is 3. The van der Waals surface area contributed by atoms with E-state index in [2.05, 4.69) is 10.3 Å². The number of aromatic nitrogens is 2. The molecule has 1 atom stereocenters. The van der Waals surface area contributed by atoms with Gasteiger partial charge in [-0.2, -0.15) is 13.2 Å². The van der Waals surface area contributed by atoms with E-state index < -0.39 is 23.8 Å². The first kappa shape index (κ1) is 16.0. The Balaban J connectivity index is 1.70. The fraction of sp³-hybridized carbons (Fsp3) is 0.267. The lowest BCUT2D eigenvalue weighted by Gasteiger charge is -2.22. The molecule has 24 heavy (non-hydrogen) atoms. The van der Waals surface area contributed by atoms with Gasteiger partial charge in [0.1, 0.15) is 11.7 Å². The number of amides is 2. The summed E-state index contributed by atoms with van der Waals surface area (Å²) >= 11 is 0. The van der Waals surface area contributed by atoms with Crippen molar-refractivity contribution in [1.29, 1.82) is 0 Å². The smallest absolute Gasteiger partial charge is 0.323 e. The minimum absolute atomic E-state index is 0.273. The molecule has 2 heterocycles. The van der Waals surface area contributed by atoms with Gasteiger partial charge in [0.05, 0.1) is 6.20 Å². The molecule has 1 aliphatic rings. The van der Waals surface area contributed by atoms with Gasteiger partial charge in [0.2, 0.25) is 11.9 Å². The number of carbonyl (C=O) groups excluding carboxylic acids is 2. The van der Waals surface area contributed by atoms with Crippen LogP contribution in [0.5, 0.6) is 0 Å². The van der Waals surface area contributed by atoms with Crippen molar-refractivity contribution in [3.05, 3.63) is 47.3 Å². The van der Waals surface area contributed by atoms with Crippen LogP contribution in [0.1, 0.15) is 28.5 Å². The molecule has 9 heteroatoms. The maximum atomic E-state index is 12.5. The molecule has 0 unspecified atom stereocenters. The van der Waals surface area contributed by atoms with Gasteiger partial charge in [-0.05, 0) is 18.6 Å². The van der Waals surface area contributed by atoms with E-state index in [1.807, 2.05) is 4.98 Å². The number of hydrogen-bond donors (Lipinski definition) is 2. The molecule has 2 amide bonds. The molecular weight excluding hydrogens is 325 g/mol. The number of halogens is 3. The van der Waals surface area contributed by atoms with Crippen LogP contribution in [-0.4, -0.2) is 32.7 Å². The number of carbonyl (C=O) groups is 2. The average Bonchev–Trinajstić information content (AvgIpc) is 3.12. The zero-order valence-corrected chi connectivity index (χ0v) is 12.5. The summed E-state index contributed by atoms with van der Waals surface area (Å²) in [5, 5.41) is 2.26. The molecule has 126 valence electrons. The van der Waals surface area contributed by atoms with Crippen LogP contribution >= 0.6 is 0 Å². The summed E-state index contributed by atoms with van der Waals surface area (Å²) in [6, 6.07) is 6.13. The maximum absolute atomic E-state index is 12.5. The van der Waals surface area contributed by atoms with Gasteiger partial charge < -0.3 is 9.88 Å². The first-order valence-corrected chi connectivity index (χ1v) is 7.09. The predicted octanol–water partition coefficient (Wildman–Crippen LogP) is 2.41. The third-order valence-electron chi connectivity index (χ3n) is 3.82. The second-order valence-corrected chi connectivity index (χ2v) is 5.40. The van der Waals surface area contributed by atoms with Crippen molar-refractivity contribution < 1.29 is 22.8 Å². The van der Waals surface area contributed by atoms with E-state index in [9.17, 15) is 22.8 Å². The molecule has 0 aliphatic carbocycles. The van der Waals surface area contributed by atoms with Crippen LogP contribution in [0.2, 0.25) is 0 Å². The third kappa shape index (κ3) is 2.84. The second-order valence-electron chi connectivity index (χ2n) is 5.40. The zero-order valence-electron chi connectivity index (χ0n) is 12.5. The molecular formula is C15H13F3N4O2. The van der Waals surface area contributed by atoms with Crippen LogP contribution in [0.15, 0.2) is 30.5 Å².